The van der Waals surface area contributed by atoms with Crippen molar-refractivity contribution in [2.75, 3.05) is 19.8 Å². The van der Waals surface area contributed by atoms with Crippen LogP contribution in [0.4, 0.5) is 0 Å². The van der Waals surface area contributed by atoms with E-state index in [0.717, 1.165) is 37.2 Å². The van der Waals surface area contributed by atoms with Crippen LogP contribution < -0.4 is 0 Å². The SMILES string of the molecule is CC(C)N1CCCC1Cc1nc2cccnc2n1C1CCOC1. The minimum absolute atomic E-state index is 0.388. The van der Waals surface area contributed by atoms with Crippen LogP contribution in [0.25, 0.3) is 11.2 Å². The van der Waals surface area contributed by atoms with Crippen LogP contribution in [0.15, 0.2) is 18.3 Å². The van der Waals surface area contributed by atoms with Gasteiger partial charge in [0.2, 0.25) is 0 Å². The van der Waals surface area contributed by atoms with Crippen LogP contribution >= 0.6 is 0 Å². The van der Waals surface area contributed by atoms with Gasteiger partial charge < -0.3 is 9.30 Å². The minimum atomic E-state index is 0.388. The Bertz CT molecular complexity index is 675. The number of ether oxygens (including phenoxy) is 1. The quantitative estimate of drug-likeness (QED) is 0.870. The second-order valence-corrected chi connectivity index (χ2v) is 7.09. The van der Waals surface area contributed by atoms with Crippen molar-refractivity contribution in [2.45, 2.75) is 57.7 Å². The Morgan fingerprint density at radius 3 is 3.04 bits per heavy atom. The molecule has 2 aliphatic heterocycles. The van der Waals surface area contributed by atoms with Crippen LogP contribution in [-0.2, 0) is 11.2 Å². The average molecular weight is 314 g/mol. The van der Waals surface area contributed by atoms with E-state index in [4.69, 9.17) is 9.72 Å². The summed E-state index contributed by atoms with van der Waals surface area (Å²) >= 11 is 0. The molecule has 0 saturated carbocycles. The average Bonchev–Trinajstić information content (AvgIpc) is 3.25. The summed E-state index contributed by atoms with van der Waals surface area (Å²) in [5.74, 6) is 1.19. The molecule has 2 aromatic heterocycles. The van der Waals surface area contributed by atoms with Gasteiger partial charge in [0.15, 0.2) is 5.65 Å². The lowest BCUT2D eigenvalue weighted by Gasteiger charge is -2.28. The van der Waals surface area contributed by atoms with Gasteiger partial charge in [0.05, 0.1) is 12.6 Å². The van der Waals surface area contributed by atoms with Gasteiger partial charge in [-0.2, -0.15) is 0 Å². The Morgan fingerprint density at radius 1 is 1.35 bits per heavy atom. The Labute approximate surface area is 137 Å². The monoisotopic (exact) mass is 314 g/mol. The van der Waals surface area contributed by atoms with Crippen molar-refractivity contribution < 1.29 is 4.74 Å². The minimum Gasteiger partial charge on any atom is -0.379 e. The fourth-order valence-electron chi connectivity index (χ4n) is 4.20. The summed E-state index contributed by atoms with van der Waals surface area (Å²) in [6, 6.07) is 5.65. The lowest BCUT2D eigenvalue weighted by Crippen LogP contribution is -2.37. The maximum Gasteiger partial charge on any atom is 0.160 e. The number of hydrogen-bond donors (Lipinski definition) is 0. The fourth-order valence-corrected chi connectivity index (χ4v) is 4.20. The first-order valence-corrected chi connectivity index (χ1v) is 8.89. The zero-order valence-electron chi connectivity index (χ0n) is 14.1. The molecule has 0 radical (unpaired) electrons. The molecule has 124 valence electrons. The van der Waals surface area contributed by atoms with Crippen LogP contribution in [0, 0.1) is 0 Å². The fraction of sp³-hybridized carbons (Fsp3) is 0.667. The van der Waals surface area contributed by atoms with Crippen molar-refractivity contribution in [1.29, 1.82) is 0 Å². The number of imidazole rings is 1. The van der Waals surface area contributed by atoms with E-state index in [0.29, 0.717) is 18.1 Å². The third kappa shape index (κ3) is 2.76. The summed E-state index contributed by atoms with van der Waals surface area (Å²) in [6.45, 7) is 7.44. The Balaban J connectivity index is 1.69. The topological polar surface area (TPSA) is 43.2 Å². The summed E-state index contributed by atoms with van der Waals surface area (Å²) in [4.78, 5) is 12.2. The Kier molecular flexibility index (Phi) is 4.07. The summed E-state index contributed by atoms with van der Waals surface area (Å²) in [5, 5.41) is 0. The highest BCUT2D eigenvalue weighted by molar-refractivity contribution is 5.71. The van der Waals surface area contributed by atoms with Gasteiger partial charge in [0.25, 0.3) is 0 Å². The van der Waals surface area contributed by atoms with E-state index in [1.165, 1.54) is 25.2 Å². The molecule has 23 heavy (non-hydrogen) atoms. The Morgan fingerprint density at radius 2 is 2.26 bits per heavy atom. The zero-order chi connectivity index (χ0) is 15.8. The van der Waals surface area contributed by atoms with Crippen molar-refractivity contribution in [1.82, 2.24) is 19.4 Å². The number of rotatable bonds is 4. The first-order chi connectivity index (χ1) is 11.2. The molecule has 0 amide bonds. The number of hydrogen-bond acceptors (Lipinski definition) is 4. The predicted molar refractivity (Wildman–Crippen MR) is 90.6 cm³/mol. The van der Waals surface area contributed by atoms with Crippen molar-refractivity contribution in [3.8, 4) is 0 Å². The standard InChI is InChI=1S/C18H26N4O/c1-13(2)21-9-4-5-14(21)11-17-20-16-6-3-8-19-18(16)22(17)15-7-10-23-12-15/h3,6,8,13-15H,4-5,7,9-12H2,1-2H3. The molecule has 2 aromatic rings. The Hall–Kier alpha value is -1.46. The van der Waals surface area contributed by atoms with Gasteiger partial charge in [-0.1, -0.05) is 0 Å². The van der Waals surface area contributed by atoms with E-state index in [2.05, 4.69) is 34.4 Å². The van der Waals surface area contributed by atoms with Gasteiger partial charge in [-0.05, 0) is 51.8 Å². The van der Waals surface area contributed by atoms with E-state index in [1.807, 2.05) is 12.3 Å². The largest absolute Gasteiger partial charge is 0.379 e. The summed E-state index contributed by atoms with van der Waals surface area (Å²) in [7, 11) is 0. The third-order valence-corrected chi connectivity index (χ3v) is 5.30. The van der Waals surface area contributed by atoms with Crippen molar-refractivity contribution in [2.24, 2.45) is 0 Å². The molecule has 2 aliphatic rings. The highest BCUT2D eigenvalue weighted by Gasteiger charge is 2.30. The molecule has 4 rings (SSSR count). The molecule has 0 bridgehead atoms. The lowest BCUT2D eigenvalue weighted by molar-refractivity contribution is 0.184. The molecular formula is C18H26N4O. The van der Waals surface area contributed by atoms with Gasteiger partial charge in [-0.15, -0.1) is 0 Å². The molecule has 0 spiro atoms. The van der Waals surface area contributed by atoms with E-state index in [9.17, 15) is 0 Å². The van der Waals surface area contributed by atoms with Crippen LogP contribution in [0.1, 0.15) is 45.0 Å². The van der Waals surface area contributed by atoms with Gasteiger partial charge in [0, 0.05) is 31.3 Å². The van der Waals surface area contributed by atoms with E-state index in [1.54, 1.807) is 0 Å². The molecule has 2 unspecified atom stereocenters. The molecule has 0 N–H and O–H groups in total. The number of likely N-dealkylation sites (tertiary alicyclic amines) is 1. The summed E-state index contributed by atoms with van der Waals surface area (Å²) in [6.07, 6.45) is 6.53. The predicted octanol–water partition coefficient (Wildman–Crippen LogP) is 2.81. The first kappa shape index (κ1) is 15.1. The van der Waals surface area contributed by atoms with Crippen molar-refractivity contribution in [3.05, 3.63) is 24.2 Å². The van der Waals surface area contributed by atoms with E-state index >= 15 is 0 Å². The molecule has 2 saturated heterocycles. The van der Waals surface area contributed by atoms with Crippen molar-refractivity contribution >= 4 is 11.2 Å². The zero-order valence-corrected chi connectivity index (χ0v) is 14.1. The smallest absolute Gasteiger partial charge is 0.160 e. The molecular weight excluding hydrogens is 288 g/mol. The second-order valence-electron chi connectivity index (χ2n) is 7.09. The number of fused-ring (bicyclic) bond motifs is 1. The molecule has 5 nitrogen and oxygen atoms in total. The van der Waals surface area contributed by atoms with E-state index < -0.39 is 0 Å². The van der Waals surface area contributed by atoms with E-state index in [-0.39, 0.29) is 0 Å². The third-order valence-electron chi connectivity index (χ3n) is 5.30. The summed E-state index contributed by atoms with van der Waals surface area (Å²) in [5.41, 5.74) is 2.04. The lowest BCUT2D eigenvalue weighted by atomic mass is 10.1. The molecule has 4 heterocycles. The maximum atomic E-state index is 5.63. The molecule has 0 aliphatic carbocycles. The molecule has 2 atom stereocenters. The number of aromatic nitrogens is 3. The second kappa shape index (κ2) is 6.21. The van der Waals surface area contributed by atoms with Gasteiger partial charge in [-0.3, -0.25) is 4.90 Å². The normalized spacial score (nSPS) is 25.9. The van der Waals surface area contributed by atoms with Crippen LogP contribution in [0.5, 0.6) is 0 Å². The number of nitrogens with zero attached hydrogens (tertiary/aromatic N) is 4. The molecule has 0 aromatic carbocycles. The van der Waals surface area contributed by atoms with Gasteiger partial charge >= 0.3 is 0 Å². The number of pyridine rings is 1. The van der Waals surface area contributed by atoms with Crippen LogP contribution in [0.3, 0.4) is 0 Å². The van der Waals surface area contributed by atoms with Crippen molar-refractivity contribution in [3.63, 3.8) is 0 Å². The van der Waals surface area contributed by atoms with Gasteiger partial charge in [0.1, 0.15) is 11.3 Å². The highest BCUT2D eigenvalue weighted by atomic mass is 16.5. The summed E-state index contributed by atoms with van der Waals surface area (Å²) < 4.78 is 7.99. The van der Waals surface area contributed by atoms with Gasteiger partial charge in [-0.25, -0.2) is 9.97 Å². The highest BCUT2D eigenvalue weighted by Crippen LogP contribution is 2.29. The molecule has 2 fully saturated rings. The first-order valence-electron chi connectivity index (χ1n) is 8.89. The van der Waals surface area contributed by atoms with Crippen LogP contribution in [-0.4, -0.2) is 51.3 Å². The molecule has 5 heteroatoms. The van der Waals surface area contributed by atoms with Crippen LogP contribution in [0.2, 0.25) is 0 Å². The maximum absolute atomic E-state index is 5.63.